The average Bonchev–Trinajstić information content (AvgIpc) is 2.87. The molecule has 1 aromatic heterocycles. The van der Waals surface area contributed by atoms with Crippen LogP contribution in [0, 0.1) is 15.9 Å². The topological polar surface area (TPSA) is 68.1 Å². The van der Waals surface area contributed by atoms with Crippen LogP contribution in [0.5, 0.6) is 0 Å². The van der Waals surface area contributed by atoms with Gasteiger partial charge in [-0.1, -0.05) is 6.92 Å². The molecular weight excluding hydrogens is 349 g/mol. The van der Waals surface area contributed by atoms with Crippen LogP contribution in [0.1, 0.15) is 16.8 Å². The summed E-state index contributed by atoms with van der Waals surface area (Å²) in [6, 6.07) is 2.26. The van der Waals surface area contributed by atoms with Gasteiger partial charge in [0.05, 0.1) is 15.9 Å². The summed E-state index contributed by atoms with van der Waals surface area (Å²) < 4.78 is 13.6. The first-order valence-electron chi connectivity index (χ1n) is 5.82. The van der Waals surface area contributed by atoms with Gasteiger partial charge in [0.15, 0.2) is 0 Å². The maximum atomic E-state index is 13.5. The molecule has 5 nitrogen and oxygen atoms in total. The third-order valence-electron chi connectivity index (χ3n) is 2.62. The van der Waals surface area contributed by atoms with Gasteiger partial charge in [0.1, 0.15) is 16.5 Å². The molecule has 0 unspecified atom stereocenters. The summed E-state index contributed by atoms with van der Waals surface area (Å²) in [7, 11) is 0. The lowest BCUT2D eigenvalue weighted by Crippen LogP contribution is -2.03. The van der Waals surface area contributed by atoms with E-state index in [0.717, 1.165) is 28.4 Å². The summed E-state index contributed by atoms with van der Waals surface area (Å²) >= 11 is 4.47. The Labute approximate surface area is 127 Å². The first kappa shape index (κ1) is 14.9. The van der Waals surface area contributed by atoms with Crippen LogP contribution < -0.4 is 5.32 Å². The maximum Gasteiger partial charge on any atom is 0.293 e. The van der Waals surface area contributed by atoms with E-state index in [-0.39, 0.29) is 15.8 Å². The van der Waals surface area contributed by atoms with E-state index in [9.17, 15) is 14.5 Å². The predicted octanol–water partition coefficient (Wildman–Crippen LogP) is 4.13. The highest BCUT2D eigenvalue weighted by Crippen LogP contribution is 2.31. The van der Waals surface area contributed by atoms with Crippen LogP contribution in [0.3, 0.4) is 0 Å². The number of nitrogens with one attached hydrogen (secondary N) is 1. The molecule has 1 N–H and O–H groups in total. The lowest BCUT2D eigenvalue weighted by atomic mass is 10.2. The number of hydrogen-bond donors (Lipinski definition) is 1. The summed E-state index contributed by atoms with van der Waals surface area (Å²) in [5.41, 5.74) is -0.0329. The van der Waals surface area contributed by atoms with E-state index >= 15 is 0 Å². The molecule has 0 aliphatic rings. The summed E-state index contributed by atoms with van der Waals surface area (Å²) in [5.74, 6) is -0.550. The lowest BCUT2D eigenvalue weighted by Gasteiger charge is -2.06. The zero-order chi connectivity index (χ0) is 14.7. The van der Waals surface area contributed by atoms with Crippen LogP contribution in [0.2, 0.25) is 0 Å². The van der Waals surface area contributed by atoms with Gasteiger partial charge >= 0.3 is 0 Å². The Hall–Kier alpha value is -1.54. The molecule has 106 valence electrons. The van der Waals surface area contributed by atoms with Gasteiger partial charge in [-0.3, -0.25) is 10.1 Å². The molecule has 0 aliphatic heterocycles. The molecule has 0 aliphatic carbocycles. The normalized spacial score (nSPS) is 10.6. The Balaban J connectivity index is 2.20. The zero-order valence-electron chi connectivity index (χ0n) is 10.5. The van der Waals surface area contributed by atoms with Crippen LogP contribution >= 0.6 is 27.3 Å². The van der Waals surface area contributed by atoms with Crippen molar-refractivity contribution < 1.29 is 9.31 Å². The summed E-state index contributed by atoms with van der Waals surface area (Å²) in [4.78, 5) is 15.7. The molecule has 0 amide bonds. The van der Waals surface area contributed by atoms with Crippen molar-refractivity contribution in [2.24, 2.45) is 0 Å². The van der Waals surface area contributed by atoms with Crippen molar-refractivity contribution in [2.75, 3.05) is 5.32 Å². The fourth-order valence-electron chi connectivity index (χ4n) is 1.59. The second-order valence-electron chi connectivity index (χ2n) is 3.97. The standard InChI is InChI=1S/C12H11BrFN3O2S/c1-2-7-5-16-12(20-7)6-15-10-4-9(14)8(13)3-11(10)17(18)19/h3-5,15H,2,6H2,1H3. The number of nitro groups is 1. The van der Waals surface area contributed by atoms with Gasteiger partial charge in [0.2, 0.25) is 0 Å². The average molecular weight is 360 g/mol. The SMILES string of the molecule is CCc1cnc(CNc2cc(F)c(Br)cc2[N+](=O)[O-])s1. The molecule has 1 heterocycles. The minimum absolute atomic E-state index is 0.0669. The third kappa shape index (κ3) is 3.31. The van der Waals surface area contributed by atoms with E-state index in [0.29, 0.717) is 6.54 Å². The van der Waals surface area contributed by atoms with Crippen molar-refractivity contribution in [1.29, 1.82) is 0 Å². The first-order valence-corrected chi connectivity index (χ1v) is 7.43. The van der Waals surface area contributed by atoms with E-state index in [4.69, 9.17) is 0 Å². The molecule has 8 heteroatoms. The van der Waals surface area contributed by atoms with Gasteiger partial charge in [0.25, 0.3) is 5.69 Å². The van der Waals surface area contributed by atoms with Gasteiger partial charge < -0.3 is 5.32 Å². The lowest BCUT2D eigenvalue weighted by molar-refractivity contribution is -0.384. The Morgan fingerprint density at radius 3 is 2.90 bits per heavy atom. The van der Waals surface area contributed by atoms with Crippen molar-refractivity contribution >= 4 is 38.6 Å². The molecule has 0 radical (unpaired) electrons. The number of halogens is 2. The van der Waals surface area contributed by atoms with Crippen LogP contribution in [-0.4, -0.2) is 9.91 Å². The smallest absolute Gasteiger partial charge is 0.293 e. The number of hydrogen-bond acceptors (Lipinski definition) is 5. The van der Waals surface area contributed by atoms with E-state index in [1.54, 1.807) is 6.20 Å². The molecule has 20 heavy (non-hydrogen) atoms. The molecule has 0 fully saturated rings. The fourth-order valence-corrected chi connectivity index (χ4v) is 2.73. The summed E-state index contributed by atoms with van der Waals surface area (Å²) in [5, 5.41) is 14.6. The second-order valence-corrected chi connectivity index (χ2v) is 6.02. The van der Waals surface area contributed by atoms with E-state index in [1.807, 2.05) is 6.92 Å². The van der Waals surface area contributed by atoms with Crippen LogP contribution in [0.15, 0.2) is 22.8 Å². The number of nitro benzene ring substituents is 1. The van der Waals surface area contributed by atoms with Crippen molar-refractivity contribution in [3.8, 4) is 0 Å². The van der Waals surface area contributed by atoms with Crippen molar-refractivity contribution in [3.05, 3.63) is 48.6 Å². The molecule has 1 aromatic carbocycles. The Morgan fingerprint density at radius 1 is 1.55 bits per heavy atom. The largest absolute Gasteiger partial charge is 0.373 e. The Kier molecular flexibility index (Phi) is 4.66. The van der Waals surface area contributed by atoms with Crippen LogP contribution in [0.25, 0.3) is 0 Å². The minimum Gasteiger partial charge on any atom is -0.373 e. The van der Waals surface area contributed by atoms with E-state index < -0.39 is 10.7 Å². The summed E-state index contributed by atoms with van der Waals surface area (Å²) in [6.45, 7) is 2.35. The fraction of sp³-hybridized carbons (Fsp3) is 0.250. The number of anilines is 1. The monoisotopic (exact) mass is 359 g/mol. The number of nitrogens with zero attached hydrogens (tertiary/aromatic N) is 2. The second kappa shape index (κ2) is 6.27. The highest BCUT2D eigenvalue weighted by Gasteiger charge is 2.17. The van der Waals surface area contributed by atoms with Crippen molar-refractivity contribution in [3.63, 3.8) is 0 Å². The molecule has 0 bridgehead atoms. The van der Waals surface area contributed by atoms with Gasteiger partial charge in [-0.15, -0.1) is 11.3 Å². The molecule has 0 saturated carbocycles. The van der Waals surface area contributed by atoms with Crippen LogP contribution in [0.4, 0.5) is 15.8 Å². The number of benzene rings is 1. The van der Waals surface area contributed by atoms with E-state index in [2.05, 4.69) is 26.2 Å². The molecular formula is C12H11BrFN3O2S. The van der Waals surface area contributed by atoms with Crippen molar-refractivity contribution in [2.45, 2.75) is 19.9 Å². The van der Waals surface area contributed by atoms with Crippen molar-refractivity contribution in [1.82, 2.24) is 4.98 Å². The summed E-state index contributed by atoms with van der Waals surface area (Å²) in [6.07, 6.45) is 2.67. The number of thiazole rings is 1. The zero-order valence-corrected chi connectivity index (χ0v) is 12.9. The molecule has 0 spiro atoms. The number of rotatable bonds is 5. The molecule has 2 aromatic rings. The molecule has 0 atom stereocenters. The number of aromatic nitrogens is 1. The first-order chi connectivity index (χ1) is 9.51. The van der Waals surface area contributed by atoms with E-state index in [1.165, 1.54) is 11.3 Å². The van der Waals surface area contributed by atoms with Gasteiger partial charge in [-0.2, -0.15) is 0 Å². The molecule has 2 rings (SSSR count). The highest BCUT2D eigenvalue weighted by molar-refractivity contribution is 9.10. The predicted molar refractivity (Wildman–Crippen MR) is 79.6 cm³/mol. The maximum absolute atomic E-state index is 13.5. The molecule has 0 saturated heterocycles. The Morgan fingerprint density at radius 2 is 2.30 bits per heavy atom. The van der Waals surface area contributed by atoms with Crippen LogP contribution in [-0.2, 0) is 13.0 Å². The highest BCUT2D eigenvalue weighted by atomic mass is 79.9. The van der Waals surface area contributed by atoms with Gasteiger partial charge in [0, 0.05) is 23.2 Å². The Bertz CT molecular complexity index is 648. The minimum atomic E-state index is -0.550. The van der Waals surface area contributed by atoms with Gasteiger partial charge in [-0.25, -0.2) is 9.37 Å². The quantitative estimate of drug-likeness (QED) is 0.643. The number of aryl methyl sites for hydroxylation is 1. The third-order valence-corrected chi connectivity index (χ3v) is 4.36. The van der Waals surface area contributed by atoms with Gasteiger partial charge in [-0.05, 0) is 22.4 Å².